The van der Waals surface area contributed by atoms with Gasteiger partial charge < -0.3 is 10.2 Å². The SMILES string of the molecule is O=C(O)CCC(O)=c1c(=O)cc(C2=CC=CCC=C2)c2ncnn12. The summed E-state index contributed by atoms with van der Waals surface area (Å²) >= 11 is 0. The van der Waals surface area contributed by atoms with Crippen molar-refractivity contribution in [1.82, 2.24) is 14.6 Å². The zero-order chi connectivity index (χ0) is 17.1. The maximum absolute atomic E-state index is 12.5. The number of fused-ring (bicyclic) bond motifs is 1. The van der Waals surface area contributed by atoms with E-state index >= 15 is 0 Å². The van der Waals surface area contributed by atoms with Crippen LogP contribution in [0, 0.1) is 0 Å². The highest BCUT2D eigenvalue weighted by molar-refractivity contribution is 5.83. The molecule has 2 aromatic rings. The lowest BCUT2D eigenvalue weighted by Gasteiger charge is -2.05. The van der Waals surface area contributed by atoms with E-state index < -0.39 is 11.4 Å². The summed E-state index contributed by atoms with van der Waals surface area (Å²) < 4.78 is 1.26. The molecule has 0 saturated carbocycles. The van der Waals surface area contributed by atoms with Gasteiger partial charge in [-0.25, -0.2) is 9.50 Å². The molecule has 24 heavy (non-hydrogen) atoms. The second kappa shape index (κ2) is 6.49. The van der Waals surface area contributed by atoms with Crippen LogP contribution in [-0.4, -0.2) is 30.8 Å². The van der Waals surface area contributed by atoms with E-state index in [1.165, 1.54) is 16.9 Å². The normalized spacial score (nSPS) is 15.2. The van der Waals surface area contributed by atoms with Crippen molar-refractivity contribution < 1.29 is 15.0 Å². The molecule has 0 saturated heterocycles. The predicted octanol–water partition coefficient (Wildman–Crippen LogP) is 1.24. The first kappa shape index (κ1) is 15.7. The number of rotatable bonds is 4. The van der Waals surface area contributed by atoms with Crippen LogP contribution in [0.25, 0.3) is 17.0 Å². The molecule has 0 unspecified atom stereocenters. The second-order valence-corrected chi connectivity index (χ2v) is 5.29. The van der Waals surface area contributed by atoms with Crippen molar-refractivity contribution in [2.24, 2.45) is 0 Å². The minimum absolute atomic E-state index is 0.0544. The number of hydrogen-bond acceptors (Lipinski definition) is 5. The number of allylic oxidation sites excluding steroid dienone is 6. The fourth-order valence-corrected chi connectivity index (χ4v) is 2.54. The van der Waals surface area contributed by atoms with Gasteiger partial charge >= 0.3 is 5.97 Å². The van der Waals surface area contributed by atoms with E-state index in [0.717, 1.165) is 12.0 Å². The molecule has 2 heterocycles. The van der Waals surface area contributed by atoms with Gasteiger partial charge in [-0.3, -0.25) is 9.59 Å². The quantitative estimate of drug-likeness (QED) is 0.876. The van der Waals surface area contributed by atoms with Gasteiger partial charge in [-0.2, -0.15) is 5.10 Å². The largest absolute Gasteiger partial charge is 0.510 e. The molecule has 7 heteroatoms. The standard InChI is InChI=1S/C17H15N3O4/c21-13(7-8-15(23)24)16-14(22)9-12(17-18-10-19-20(16)17)11-5-3-1-2-4-6-11/h1,3-6,9-10,21H,2,7-8H2,(H,23,24). The molecule has 0 radical (unpaired) electrons. The molecule has 3 rings (SSSR count). The van der Waals surface area contributed by atoms with Gasteiger partial charge in [0.1, 0.15) is 12.1 Å². The van der Waals surface area contributed by atoms with Crippen LogP contribution in [0.1, 0.15) is 24.8 Å². The Balaban J connectivity index is 2.23. The second-order valence-electron chi connectivity index (χ2n) is 5.29. The number of aliphatic hydroxyl groups excluding tert-OH is 1. The van der Waals surface area contributed by atoms with Gasteiger partial charge in [0.15, 0.2) is 11.0 Å². The zero-order valence-corrected chi connectivity index (χ0v) is 12.7. The van der Waals surface area contributed by atoms with Crippen LogP contribution in [0.5, 0.6) is 0 Å². The third kappa shape index (κ3) is 2.96. The van der Waals surface area contributed by atoms with Crippen molar-refractivity contribution in [3.8, 4) is 0 Å². The summed E-state index contributed by atoms with van der Waals surface area (Å²) in [6, 6.07) is 1.39. The van der Waals surface area contributed by atoms with Crippen molar-refractivity contribution in [2.75, 3.05) is 0 Å². The Morgan fingerprint density at radius 3 is 2.88 bits per heavy atom. The Labute approximate surface area is 136 Å². The number of pyridine rings is 1. The number of carboxylic acid groups (broad SMARTS) is 1. The number of aliphatic hydroxyl groups is 1. The fraction of sp³-hybridized carbons (Fsp3) is 0.176. The van der Waals surface area contributed by atoms with Crippen LogP contribution < -0.4 is 10.8 Å². The number of hydrogen-bond donors (Lipinski definition) is 2. The number of aliphatic carboxylic acids is 1. The molecule has 2 N–H and O–H groups in total. The number of aromatic nitrogens is 3. The van der Waals surface area contributed by atoms with E-state index in [0.29, 0.717) is 11.2 Å². The smallest absolute Gasteiger partial charge is 0.303 e. The third-order valence-electron chi connectivity index (χ3n) is 3.65. The number of carbonyl (C=O) groups is 1. The Bertz CT molecular complexity index is 999. The Morgan fingerprint density at radius 2 is 2.08 bits per heavy atom. The van der Waals surface area contributed by atoms with Crippen LogP contribution in [0.15, 0.2) is 47.6 Å². The number of nitrogens with zero attached hydrogens (tertiary/aromatic N) is 3. The van der Waals surface area contributed by atoms with E-state index in [-0.39, 0.29) is 23.9 Å². The molecule has 0 spiro atoms. The highest BCUT2D eigenvalue weighted by atomic mass is 16.4. The van der Waals surface area contributed by atoms with E-state index in [2.05, 4.69) is 10.1 Å². The Kier molecular flexibility index (Phi) is 4.24. The van der Waals surface area contributed by atoms with E-state index in [1.807, 2.05) is 30.4 Å². The molecule has 2 aromatic heterocycles. The van der Waals surface area contributed by atoms with Crippen molar-refractivity contribution >= 4 is 22.9 Å². The van der Waals surface area contributed by atoms with Gasteiger partial charge in [0.25, 0.3) is 0 Å². The summed E-state index contributed by atoms with van der Waals surface area (Å²) in [5.74, 6) is -1.37. The molecule has 0 atom stereocenters. The number of carboxylic acids is 1. The maximum Gasteiger partial charge on any atom is 0.303 e. The first-order valence-corrected chi connectivity index (χ1v) is 7.42. The molecule has 0 fully saturated rings. The first-order chi connectivity index (χ1) is 11.6. The lowest BCUT2D eigenvalue weighted by Crippen LogP contribution is -2.34. The molecular formula is C17H15N3O4. The zero-order valence-electron chi connectivity index (χ0n) is 12.7. The van der Waals surface area contributed by atoms with Gasteiger partial charge in [0, 0.05) is 12.0 Å². The summed E-state index contributed by atoms with van der Waals surface area (Å²) in [5, 5.41) is 22.8. The summed E-state index contributed by atoms with van der Waals surface area (Å²) in [5.41, 5.74) is 1.41. The fourth-order valence-electron chi connectivity index (χ4n) is 2.54. The van der Waals surface area contributed by atoms with Crippen LogP contribution in [0.4, 0.5) is 0 Å². The topological polar surface area (TPSA) is 105 Å². The van der Waals surface area contributed by atoms with Gasteiger partial charge in [-0.05, 0) is 18.1 Å². The minimum atomic E-state index is -1.05. The van der Waals surface area contributed by atoms with Crippen LogP contribution in [0.2, 0.25) is 0 Å². The third-order valence-corrected chi connectivity index (χ3v) is 3.65. The molecule has 0 aromatic carbocycles. The molecule has 0 bridgehead atoms. The van der Waals surface area contributed by atoms with Crippen molar-refractivity contribution in [3.05, 3.63) is 63.9 Å². The molecule has 1 aliphatic carbocycles. The highest BCUT2D eigenvalue weighted by Gasteiger charge is 2.14. The van der Waals surface area contributed by atoms with E-state index in [9.17, 15) is 14.7 Å². The van der Waals surface area contributed by atoms with Crippen LogP contribution in [-0.2, 0) is 4.79 Å². The lowest BCUT2D eigenvalue weighted by molar-refractivity contribution is -0.136. The summed E-state index contributed by atoms with van der Waals surface area (Å²) in [6.07, 6.45) is 11.3. The molecule has 122 valence electrons. The van der Waals surface area contributed by atoms with Crippen molar-refractivity contribution in [1.29, 1.82) is 0 Å². The first-order valence-electron chi connectivity index (χ1n) is 7.42. The molecule has 1 aliphatic rings. The highest BCUT2D eigenvalue weighted by Crippen LogP contribution is 2.20. The van der Waals surface area contributed by atoms with Crippen LogP contribution in [0.3, 0.4) is 0 Å². The van der Waals surface area contributed by atoms with Gasteiger partial charge in [0.05, 0.1) is 6.42 Å². The van der Waals surface area contributed by atoms with Gasteiger partial charge in [-0.1, -0.05) is 30.4 Å². The predicted molar refractivity (Wildman–Crippen MR) is 88.3 cm³/mol. The molecule has 0 amide bonds. The van der Waals surface area contributed by atoms with Gasteiger partial charge in [-0.15, -0.1) is 0 Å². The minimum Gasteiger partial charge on any atom is -0.510 e. The summed E-state index contributed by atoms with van der Waals surface area (Å²) in [6.45, 7) is 0. The average Bonchev–Trinajstić information content (AvgIpc) is 2.86. The van der Waals surface area contributed by atoms with E-state index in [1.54, 1.807) is 0 Å². The molecular weight excluding hydrogens is 310 g/mol. The van der Waals surface area contributed by atoms with Crippen molar-refractivity contribution in [2.45, 2.75) is 19.3 Å². The molecule has 7 nitrogen and oxygen atoms in total. The lowest BCUT2D eigenvalue weighted by atomic mass is 10.1. The average molecular weight is 325 g/mol. The van der Waals surface area contributed by atoms with Crippen LogP contribution >= 0.6 is 0 Å². The van der Waals surface area contributed by atoms with Gasteiger partial charge in [0.2, 0.25) is 5.43 Å². The molecule has 0 aliphatic heterocycles. The Hall–Kier alpha value is -3.22. The van der Waals surface area contributed by atoms with Crippen molar-refractivity contribution in [3.63, 3.8) is 0 Å². The Morgan fingerprint density at radius 1 is 1.25 bits per heavy atom. The van der Waals surface area contributed by atoms with E-state index in [4.69, 9.17) is 5.11 Å². The summed E-state index contributed by atoms with van der Waals surface area (Å²) in [7, 11) is 0. The maximum atomic E-state index is 12.5. The summed E-state index contributed by atoms with van der Waals surface area (Å²) in [4.78, 5) is 27.3. The monoisotopic (exact) mass is 325 g/mol.